The van der Waals surface area contributed by atoms with E-state index in [4.69, 9.17) is 0 Å². The first-order valence-electron chi connectivity index (χ1n) is 6.78. The van der Waals surface area contributed by atoms with Crippen molar-refractivity contribution in [2.45, 2.75) is 46.5 Å². The number of hydrogen-bond acceptors (Lipinski definition) is 0. The molecule has 0 heteroatoms. The van der Waals surface area contributed by atoms with E-state index >= 15 is 0 Å². The molecule has 1 aliphatic rings. The van der Waals surface area contributed by atoms with Gasteiger partial charge in [-0.1, -0.05) is 77.1 Å². The lowest BCUT2D eigenvalue weighted by Crippen LogP contribution is -2.11. The Bertz CT molecular complexity index is 493. The number of rotatable bonds is 1. The quantitative estimate of drug-likeness (QED) is 0.620. The van der Waals surface area contributed by atoms with Gasteiger partial charge in [0.15, 0.2) is 0 Å². The summed E-state index contributed by atoms with van der Waals surface area (Å²) in [5.41, 5.74) is 4.63. The van der Waals surface area contributed by atoms with E-state index in [1.54, 1.807) is 0 Å². The predicted molar refractivity (Wildman–Crippen MR) is 80.7 cm³/mol. The highest BCUT2D eigenvalue weighted by molar-refractivity contribution is 5.75. The molecule has 0 amide bonds. The second-order valence-corrected chi connectivity index (χ2v) is 7.02. The molecule has 0 aromatic heterocycles. The van der Waals surface area contributed by atoms with Gasteiger partial charge in [0.2, 0.25) is 0 Å². The van der Waals surface area contributed by atoms with Crippen LogP contribution in [0.25, 0.3) is 5.57 Å². The summed E-state index contributed by atoms with van der Waals surface area (Å²) >= 11 is 0. The fourth-order valence-corrected chi connectivity index (χ4v) is 2.20. The fourth-order valence-electron chi connectivity index (χ4n) is 2.20. The summed E-state index contributed by atoms with van der Waals surface area (Å²) in [7, 11) is 0. The van der Waals surface area contributed by atoms with E-state index in [1.165, 1.54) is 16.7 Å². The van der Waals surface area contributed by atoms with Crippen LogP contribution in [-0.4, -0.2) is 0 Å². The molecule has 0 fully saturated rings. The van der Waals surface area contributed by atoms with Crippen molar-refractivity contribution >= 4 is 5.57 Å². The summed E-state index contributed by atoms with van der Waals surface area (Å²) in [6.45, 7) is 11.4. The van der Waals surface area contributed by atoms with E-state index in [9.17, 15) is 0 Å². The Morgan fingerprint density at radius 1 is 1.11 bits per heavy atom. The van der Waals surface area contributed by atoms with Crippen molar-refractivity contribution in [3.63, 3.8) is 0 Å². The average Bonchev–Trinajstić information content (AvgIpc) is 2.28. The molecule has 0 atom stereocenters. The van der Waals surface area contributed by atoms with Gasteiger partial charge in [-0.15, -0.1) is 0 Å². The summed E-state index contributed by atoms with van der Waals surface area (Å²) in [6.07, 6.45) is 8.08. The largest absolute Gasteiger partial charge is 0.0779 e. The lowest BCUT2D eigenvalue weighted by Gasteiger charge is -2.24. The second-order valence-electron chi connectivity index (χ2n) is 7.02. The minimum absolute atomic E-state index is 0.216. The van der Waals surface area contributed by atoms with Gasteiger partial charge in [-0.2, -0.15) is 0 Å². The Morgan fingerprint density at radius 2 is 1.83 bits per heavy atom. The minimum atomic E-state index is 0.216. The Kier molecular flexibility index (Phi) is 3.23. The summed E-state index contributed by atoms with van der Waals surface area (Å²) in [5, 5.41) is 0. The van der Waals surface area contributed by atoms with Crippen LogP contribution in [0, 0.1) is 5.41 Å². The molecule has 0 saturated heterocycles. The monoisotopic (exact) mass is 240 g/mol. The zero-order valence-electron chi connectivity index (χ0n) is 12.2. The summed E-state index contributed by atoms with van der Waals surface area (Å²) in [4.78, 5) is 0. The van der Waals surface area contributed by atoms with Crippen molar-refractivity contribution in [3.8, 4) is 0 Å². The van der Waals surface area contributed by atoms with Gasteiger partial charge in [0.05, 0.1) is 0 Å². The SMILES string of the molecule is CC1(C)C=CC(c2cccc(C(C)(C)C)c2)=CC1. The van der Waals surface area contributed by atoms with Crippen molar-refractivity contribution in [3.05, 3.63) is 53.6 Å². The van der Waals surface area contributed by atoms with Gasteiger partial charge in [-0.3, -0.25) is 0 Å². The van der Waals surface area contributed by atoms with E-state index < -0.39 is 0 Å². The Labute approximate surface area is 111 Å². The zero-order chi connectivity index (χ0) is 13.4. The van der Waals surface area contributed by atoms with E-state index in [2.05, 4.69) is 77.1 Å². The number of hydrogen-bond donors (Lipinski definition) is 0. The van der Waals surface area contributed by atoms with Gasteiger partial charge < -0.3 is 0 Å². The molecule has 1 aromatic carbocycles. The van der Waals surface area contributed by atoms with Crippen LogP contribution in [0.4, 0.5) is 0 Å². The van der Waals surface area contributed by atoms with E-state index in [-0.39, 0.29) is 5.41 Å². The molecular weight excluding hydrogens is 216 g/mol. The van der Waals surface area contributed by atoms with E-state index in [0.29, 0.717) is 5.41 Å². The third-order valence-corrected chi connectivity index (χ3v) is 3.62. The van der Waals surface area contributed by atoms with Crippen molar-refractivity contribution < 1.29 is 0 Å². The Hall–Kier alpha value is -1.30. The average molecular weight is 240 g/mol. The standard InChI is InChI=1S/C18H24/c1-17(2,3)16-8-6-7-15(13-16)14-9-11-18(4,5)12-10-14/h6-11,13H,12H2,1-5H3. The molecule has 0 bridgehead atoms. The fraction of sp³-hybridized carbons (Fsp3) is 0.444. The third kappa shape index (κ3) is 2.93. The number of allylic oxidation sites excluding steroid dienone is 4. The first kappa shape index (κ1) is 13.1. The Balaban J connectivity index is 2.31. The molecule has 0 radical (unpaired) electrons. The molecule has 0 nitrogen and oxygen atoms in total. The van der Waals surface area contributed by atoms with Crippen molar-refractivity contribution in [1.82, 2.24) is 0 Å². The van der Waals surface area contributed by atoms with Crippen LogP contribution in [-0.2, 0) is 5.41 Å². The summed E-state index contributed by atoms with van der Waals surface area (Å²) in [5.74, 6) is 0. The topological polar surface area (TPSA) is 0 Å². The maximum absolute atomic E-state index is 2.36. The van der Waals surface area contributed by atoms with Gasteiger partial charge in [0, 0.05) is 0 Å². The van der Waals surface area contributed by atoms with Crippen LogP contribution in [0.5, 0.6) is 0 Å². The van der Waals surface area contributed by atoms with Gasteiger partial charge in [0.25, 0.3) is 0 Å². The molecule has 96 valence electrons. The van der Waals surface area contributed by atoms with E-state index in [0.717, 1.165) is 6.42 Å². The lowest BCUT2D eigenvalue weighted by atomic mass is 9.81. The van der Waals surface area contributed by atoms with Crippen LogP contribution < -0.4 is 0 Å². The molecule has 18 heavy (non-hydrogen) atoms. The number of benzene rings is 1. The summed E-state index contributed by atoms with van der Waals surface area (Å²) in [6, 6.07) is 8.93. The van der Waals surface area contributed by atoms with Crippen molar-refractivity contribution in [2.24, 2.45) is 5.41 Å². The van der Waals surface area contributed by atoms with Crippen molar-refractivity contribution in [1.29, 1.82) is 0 Å². The van der Waals surface area contributed by atoms with Crippen molar-refractivity contribution in [2.75, 3.05) is 0 Å². The predicted octanol–water partition coefficient (Wildman–Crippen LogP) is 5.35. The minimum Gasteiger partial charge on any atom is -0.0779 e. The maximum Gasteiger partial charge on any atom is -0.0132 e. The van der Waals surface area contributed by atoms with Crippen LogP contribution in [0.1, 0.15) is 52.2 Å². The van der Waals surface area contributed by atoms with Crippen LogP contribution in [0.3, 0.4) is 0 Å². The maximum atomic E-state index is 2.36. The molecular formula is C18H24. The van der Waals surface area contributed by atoms with Crippen LogP contribution in [0.15, 0.2) is 42.5 Å². The molecule has 1 aromatic rings. The molecule has 0 unspecified atom stereocenters. The Morgan fingerprint density at radius 3 is 2.39 bits per heavy atom. The third-order valence-electron chi connectivity index (χ3n) is 3.62. The molecule has 0 saturated carbocycles. The van der Waals surface area contributed by atoms with Crippen LogP contribution >= 0.6 is 0 Å². The van der Waals surface area contributed by atoms with E-state index in [1.807, 2.05) is 0 Å². The van der Waals surface area contributed by atoms with Gasteiger partial charge in [0.1, 0.15) is 0 Å². The highest BCUT2D eigenvalue weighted by Crippen LogP contribution is 2.33. The smallest absolute Gasteiger partial charge is 0.0132 e. The second kappa shape index (κ2) is 4.42. The summed E-state index contributed by atoms with van der Waals surface area (Å²) < 4.78 is 0. The first-order chi connectivity index (χ1) is 8.28. The van der Waals surface area contributed by atoms with Gasteiger partial charge >= 0.3 is 0 Å². The van der Waals surface area contributed by atoms with Gasteiger partial charge in [-0.25, -0.2) is 0 Å². The molecule has 1 aliphatic carbocycles. The zero-order valence-corrected chi connectivity index (χ0v) is 12.2. The molecule has 0 N–H and O–H groups in total. The molecule has 0 heterocycles. The molecule has 0 spiro atoms. The molecule has 2 rings (SSSR count). The first-order valence-corrected chi connectivity index (χ1v) is 6.78. The lowest BCUT2D eigenvalue weighted by molar-refractivity contribution is 0.485. The normalized spacial score (nSPS) is 18.6. The highest BCUT2D eigenvalue weighted by atomic mass is 14.2. The van der Waals surface area contributed by atoms with Gasteiger partial charge in [-0.05, 0) is 34.0 Å². The van der Waals surface area contributed by atoms with Crippen LogP contribution in [0.2, 0.25) is 0 Å². The molecule has 0 aliphatic heterocycles. The highest BCUT2D eigenvalue weighted by Gasteiger charge is 2.18.